The van der Waals surface area contributed by atoms with Crippen LogP contribution in [0.3, 0.4) is 0 Å². The van der Waals surface area contributed by atoms with Gasteiger partial charge in [-0.3, -0.25) is 0 Å². The zero-order valence-corrected chi connectivity index (χ0v) is 16.1. The van der Waals surface area contributed by atoms with E-state index >= 15 is 0 Å². The Bertz CT molecular complexity index is 886. The van der Waals surface area contributed by atoms with Crippen LogP contribution in [0.4, 0.5) is 0 Å². The van der Waals surface area contributed by atoms with Crippen LogP contribution >= 0.6 is 0 Å². The quantitative estimate of drug-likeness (QED) is 0.570. The van der Waals surface area contributed by atoms with Crippen molar-refractivity contribution in [2.45, 2.75) is 32.5 Å². The van der Waals surface area contributed by atoms with E-state index in [0.717, 1.165) is 22.6 Å². The number of benzene rings is 2. The van der Waals surface area contributed by atoms with E-state index in [-0.39, 0.29) is 12.0 Å². The third-order valence-electron chi connectivity index (χ3n) is 4.56. The average molecular weight is 379 g/mol. The highest BCUT2D eigenvalue weighted by atomic mass is 16.5. The first-order valence-electron chi connectivity index (χ1n) is 9.41. The van der Waals surface area contributed by atoms with E-state index in [0.29, 0.717) is 18.7 Å². The molecule has 2 N–H and O–H groups in total. The van der Waals surface area contributed by atoms with Gasteiger partial charge in [0.25, 0.3) is 0 Å². The molecule has 0 aliphatic rings. The van der Waals surface area contributed by atoms with Crippen molar-refractivity contribution in [2.24, 2.45) is 0 Å². The molecule has 5 nitrogen and oxygen atoms in total. The topological polar surface area (TPSA) is 71.7 Å². The monoisotopic (exact) mass is 379 g/mol. The molecule has 0 unspecified atom stereocenters. The van der Waals surface area contributed by atoms with E-state index in [2.05, 4.69) is 5.32 Å². The normalized spacial score (nSPS) is 13.1. The van der Waals surface area contributed by atoms with Gasteiger partial charge in [0, 0.05) is 11.6 Å². The average Bonchev–Trinajstić information content (AvgIpc) is 3.21. The standard InChI is InChI=1S/C23H25NO4/c1-3-27-23(26)19-11-9-17(10-12-19)21-14-13-20(28-21)15-24-16(2)22(25)18-7-5-4-6-8-18/h4-14,16,22,24-25H,3,15H2,1-2H3/t16-,22-/m0/s1. The molecule has 0 aliphatic heterocycles. The number of carbonyl (C=O) groups excluding carboxylic acids is 1. The van der Waals surface area contributed by atoms with E-state index < -0.39 is 6.10 Å². The van der Waals surface area contributed by atoms with E-state index in [9.17, 15) is 9.90 Å². The number of carbonyl (C=O) groups is 1. The summed E-state index contributed by atoms with van der Waals surface area (Å²) in [6.07, 6.45) is -0.592. The molecule has 28 heavy (non-hydrogen) atoms. The molecule has 0 aliphatic carbocycles. The van der Waals surface area contributed by atoms with Gasteiger partial charge in [-0.15, -0.1) is 0 Å². The summed E-state index contributed by atoms with van der Waals surface area (Å²) in [4.78, 5) is 11.7. The fraction of sp³-hybridized carbons (Fsp3) is 0.261. The molecule has 1 aromatic heterocycles. The van der Waals surface area contributed by atoms with Crippen molar-refractivity contribution >= 4 is 5.97 Å². The van der Waals surface area contributed by atoms with Gasteiger partial charge in [0.1, 0.15) is 11.5 Å². The summed E-state index contributed by atoms with van der Waals surface area (Å²) in [5.74, 6) is 1.17. The summed E-state index contributed by atoms with van der Waals surface area (Å²) in [6, 6.07) is 20.4. The maximum absolute atomic E-state index is 11.7. The van der Waals surface area contributed by atoms with Crippen LogP contribution in [0.1, 0.15) is 41.6 Å². The largest absolute Gasteiger partial charge is 0.462 e. The van der Waals surface area contributed by atoms with Crippen molar-refractivity contribution in [3.63, 3.8) is 0 Å². The second kappa shape index (κ2) is 9.35. The Morgan fingerprint density at radius 3 is 2.46 bits per heavy atom. The molecule has 0 fully saturated rings. The van der Waals surface area contributed by atoms with E-state index in [1.807, 2.05) is 61.5 Å². The second-order valence-electron chi connectivity index (χ2n) is 6.59. The third-order valence-corrected chi connectivity index (χ3v) is 4.56. The molecule has 0 radical (unpaired) electrons. The van der Waals surface area contributed by atoms with Crippen molar-refractivity contribution in [1.82, 2.24) is 5.32 Å². The number of esters is 1. The number of aliphatic hydroxyl groups is 1. The Labute approximate surface area is 165 Å². The minimum atomic E-state index is -0.592. The zero-order chi connectivity index (χ0) is 19.9. The van der Waals surface area contributed by atoms with E-state index in [1.54, 1.807) is 19.1 Å². The summed E-state index contributed by atoms with van der Waals surface area (Å²) in [7, 11) is 0. The molecule has 0 saturated heterocycles. The molecule has 0 amide bonds. The molecular formula is C23H25NO4. The Balaban J connectivity index is 1.59. The number of ether oxygens (including phenoxy) is 1. The highest BCUT2D eigenvalue weighted by Gasteiger charge is 2.16. The summed E-state index contributed by atoms with van der Waals surface area (Å²) >= 11 is 0. The highest BCUT2D eigenvalue weighted by Crippen LogP contribution is 2.23. The predicted octanol–water partition coefficient (Wildman–Crippen LogP) is 4.34. The van der Waals surface area contributed by atoms with Gasteiger partial charge < -0.3 is 19.6 Å². The van der Waals surface area contributed by atoms with Gasteiger partial charge in [0.05, 0.1) is 24.8 Å². The predicted molar refractivity (Wildman–Crippen MR) is 108 cm³/mol. The minimum absolute atomic E-state index is 0.125. The smallest absolute Gasteiger partial charge is 0.338 e. The number of hydrogen-bond acceptors (Lipinski definition) is 5. The summed E-state index contributed by atoms with van der Waals surface area (Å²) in [6.45, 7) is 4.58. The van der Waals surface area contributed by atoms with Gasteiger partial charge in [-0.25, -0.2) is 4.79 Å². The van der Waals surface area contributed by atoms with Crippen LogP contribution in [0.2, 0.25) is 0 Å². The summed E-state index contributed by atoms with van der Waals surface area (Å²) in [5.41, 5.74) is 2.28. The van der Waals surface area contributed by atoms with Crippen molar-refractivity contribution in [2.75, 3.05) is 6.61 Å². The highest BCUT2D eigenvalue weighted by molar-refractivity contribution is 5.89. The Hall–Kier alpha value is -2.89. The van der Waals surface area contributed by atoms with Gasteiger partial charge in [0.2, 0.25) is 0 Å². The molecule has 3 aromatic rings. The lowest BCUT2D eigenvalue weighted by atomic mass is 10.0. The zero-order valence-electron chi connectivity index (χ0n) is 16.1. The van der Waals surface area contributed by atoms with Gasteiger partial charge in [-0.2, -0.15) is 0 Å². The van der Waals surface area contributed by atoms with Crippen molar-refractivity contribution in [3.8, 4) is 11.3 Å². The number of nitrogens with one attached hydrogen (secondary N) is 1. The van der Waals surface area contributed by atoms with E-state index in [1.165, 1.54) is 0 Å². The molecule has 3 rings (SSSR count). The first-order chi connectivity index (χ1) is 13.6. The molecule has 5 heteroatoms. The minimum Gasteiger partial charge on any atom is -0.462 e. The Morgan fingerprint density at radius 1 is 1.07 bits per heavy atom. The second-order valence-corrected chi connectivity index (χ2v) is 6.59. The fourth-order valence-electron chi connectivity index (χ4n) is 2.93. The van der Waals surface area contributed by atoms with Crippen molar-refractivity contribution in [3.05, 3.63) is 83.6 Å². The molecule has 1 heterocycles. The van der Waals surface area contributed by atoms with Crippen LogP contribution in [0, 0.1) is 0 Å². The maximum Gasteiger partial charge on any atom is 0.338 e. The lowest BCUT2D eigenvalue weighted by Gasteiger charge is -2.20. The number of aliphatic hydroxyl groups excluding tert-OH is 1. The van der Waals surface area contributed by atoms with E-state index in [4.69, 9.17) is 9.15 Å². The Morgan fingerprint density at radius 2 is 1.79 bits per heavy atom. The lowest BCUT2D eigenvalue weighted by molar-refractivity contribution is 0.0526. The molecule has 0 spiro atoms. The van der Waals surface area contributed by atoms with Crippen molar-refractivity contribution in [1.29, 1.82) is 0 Å². The summed E-state index contributed by atoms with van der Waals surface area (Å²) < 4.78 is 10.9. The Kier molecular flexibility index (Phi) is 6.63. The van der Waals surface area contributed by atoms with Crippen molar-refractivity contribution < 1.29 is 19.1 Å². The van der Waals surface area contributed by atoms with Crippen LogP contribution in [0.25, 0.3) is 11.3 Å². The van der Waals surface area contributed by atoms with Crippen LogP contribution < -0.4 is 5.32 Å². The molecule has 2 atom stereocenters. The van der Waals surface area contributed by atoms with Gasteiger partial charge >= 0.3 is 5.97 Å². The molecule has 0 bridgehead atoms. The van der Waals surface area contributed by atoms with Gasteiger partial charge in [-0.1, -0.05) is 42.5 Å². The molecule has 146 valence electrons. The first-order valence-corrected chi connectivity index (χ1v) is 9.41. The third kappa shape index (κ3) is 4.88. The van der Waals surface area contributed by atoms with Crippen LogP contribution in [0.15, 0.2) is 71.1 Å². The molecule has 2 aromatic carbocycles. The number of hydrogen-bond donors (Lipinski definition) is 2. The van der Waals surface area contributed by atoms with Crippen LogP contribution in [-0.4, -0.2) is 23.7 Å². The van der Waals surface area contributed by atoms with Gasteiger partial charge in [0.15, 0.2) is 0 Å². The van der Waals surface area contributed by atoms with Gasteiger partial charge in [-0.05, 0) is 43.7 Å². The number of furan rings is 1. The van der Waals surface area contributed by atoms with Crippen LogP contribution in [-0.2, 0) is 11.3 Å². The number of rotatable bonds is 8. The summed E-state index contributed by atoms with van der Waals surface area (Å²) in [5, 5.41) is 13.7. The SMILES string of the molecule is CCOC(=O)c1ccc(-c2ccc(CN[C@@H](C)[C@H](O)c3ccccc3)o2)cc1. The fourth-order valence-corrected chi connectivity index (χ4v) is 2.93. The lowest BCUT2D eigenvalue weighted by Crippen LogP contribution is -2.31. The molecular weight excluding hydrogens is 354 g/mol. The first kappa shape index (κ1) is 19.9. The van der Waals surface area contributed by atoms with Crippen LogP contribution in [0.5, 0.6) is 0 Å². The molecule has 0 saturated carbocycles. The maximum atomic E-state index is 11.7.